The quantitative estimate of drug-likeness (QED) is 0.721. The van der Waals surface area contributed by atoms with Crippen molar-refractivity contribution in [2.75, 3.05) is 6.26 Å². The number of aryl methyl sites for hydroxylation is 2. The van der Waals surface area contributed by atoms with Crippen LogP contribution in [0.1, 0.15) is 22.5 Å². The van der Waals surface area contributed by atoms with E-state index >= 15 is 0 Å². The lowest BCUT2D eigenvalue weighted by Crippen LogP contribution is -1.85. The van der Waals surface area contributed by atoms with Crippen molar-refractivity contribution in [2.24, 2.45) is 0 Å². The van der Waals surface area contributed by atoms with Gasteiger partial charge in [-0.05, 0) is 19.6 Å². The summed E-state index contributed by atoms with van der Waals surface area (Å²) >= 11 is 3.70. The molecule has 0 unspecified atom stereocenters. The van der Waals surface area contributed by atoms with Crippen LogP contribution < -0.4 is 0 Å². The molecule has 1 nitrogen and oxygen atoms in total. The lowest BCUT2D eigenvalue weighted by atomic mass is 10.3. The maximum absolute atomic E-state index is 4.45. The summed E-state index contributed by atoms with van der Waals surface area (Å²) in [6.45, 7) is 4.24. The van der Waals surface area contributed by atoms with Crippen molar-refractivity contribution in [2.45, 2.75) is 26.0 Å². The lowest BCUT2D eigenvalue weighted by molar-refractivity contribution is 1.02. The molecule has 1 rings (SSSR count). The van der Waals surface area contributed by atoms with E-state index in [1.165, 1.54) is 15.6 Å². The average molecular weight is 187 g/mol. The van der Waals surface area contributed by atoms with E-state index in [0.29, 0.717) is 0 Å². The monoisotopic (exact) mass is 187 g/mol. The van der Waals surface area contributed by atoms with E-state index in [2.05, 4.69) is 25.1 Å². The molecule has 0 radical (unpaired) electrons. The summed E-state index contributed by atoms with van der Waals surface area (Å²) < 4.78 is 0. The molecule has 0 N–H and O–H groups in total. The van der Waals surface area contributed by atoms with Gasteiger partial charge in [-0.2, -0.15) is 11.8 Å². The Kier molecular flexibility index (Phi) is 3.40. The number of rotatable bonds is 3. The van der Waals surface area contributed by atoms with E-state index in [-0.39, 0.29) is 0 Å². The van der Waals surface area contributed by atoms with Crippen LogP contribution in [-0.2, 0) is 12.2 Å². The molecule has 0 aromatic carbocycles. The molecule has 1 heterocycles. The normalized spacial score (nSPS) is 10.5. The Balaban J connectivity index is 2.83. The summed E-state index contributed by atoms with van der Waals surface area (Å²) in [5, 5.41) is 1.20. The SMILES string of the molecule is CCc1nc(C)sc1CSC. The maximum atomic E-state index is 4.45. The van der Waals surface area contributed by atoms with E-state index in [0.717, 1.165) is 12.2 Å². The third kappa shape index (κ3) is 2.20. The topological polar surface area (TPSA) is 12.9 Å². The first-order valence-corrected chi connectivity index (χ1v) is 5.93. The zero-order valence-corrected chi connectivity index (χ0v) is 8.81. The van der Waals surface area contributed by atoms with Crippen LogP contribution in [0, 0.1) is 6.92 Å². The first kappa shape index (κ1) is 9.07. The number of nitrogens with zero attached hydrogens (tertiary/aromatic N) is 1. The Morgan fingerprint density at radius 1 is 1.55 bits per heavy atom. The van der Waals surface area contributed by atoms with Crippen molar-refractivity contribution in [1.29, 1.82) is 0 Å². The second-order valence-corrected chi connectivity index (χ2v) is 4.54. The van der Waals surface area contributed by atoms with Gasteiger partial charge in [0.05, 0.1) is 10.7 Å². The second-order valence-electron chi connectivity index (χ2n) is 2.39. The fourth-order valence-electron chi connectivity index (χ4n) is 1.03. The Morgan fingerprint density at radius 3 is 2.82 bits per heavy atom. The standard InChI is InChI=1S/C8H13NS2/c1-4-7-8(5-10-3)11-6(2)9-7/h4-5H2,1-3H3. The Hall–Kier alpha value is -0.0200. The van der Waals surface area contributed by atoms with Gasteiger partial charge in [-0.3, -0.25) is 0 Å². The Morgan fingerprint density at radius 2 is 2.27 bits per heavy atom. The molecule has 1 aromatic heterocycles. The van der Waals surface area contributed by atoms with Crippen molar-refractivity contribution in [3.05, 3.63) is 15.6 Å². The largest absolute Gasteiger partial charge is 0.246 e. The summed E-state index contributed by atoms with van der Waals surface area (Å²) in [5.41, 5.74) is 1.29. The summed E-state index contributed by atoms with van der Waals surface area (Å²) in [6, 6.07) is 0. The molecule has 0 aliphatic carbocycles. The van der Waals surface area contributed by atoms with Crippen molar-refractivity contribution < 1.29 is 0 Å². The highest BCUT2D eigenvalue weighted by Crippen LogP contribution is 2.22. The van der Waals surface area contributed by atoms with Crippen LogP contribution in [0.2, 0.25) is 0 Å². The molecule has 0 fully saturated rings. The van der Waals surface area contributed by atoms with Gasteiger partial charge >= 0.3 is 0 Å². The van der Waals surface area contributed by atoms with E-state index in [4.69, 9.17) is 0 Å². The van der Waals surface area contributed by atoms with Crippen molar-refractivity contribution in [3.8, 4) is 0 Å². The zero-order chi connectivity index (χ0) is 8.27. The van der Waals surface area contributed by atoms with Gasteiger partial charge in [-0.25, -0.2) is 4.98 Å². The van der Waals surface area contributed by atoms with Crippen LogP contribution in [0.4, 0.5) is 0 Å². The second kappa shape index (κ2) is 4.12. The van der Waals surface area contributed by atoms with Gasteiger partial charge in [-0.1, -0.05) is 6.92 Å². The molecule has 0 saturated carbocycles. The molecule has 3 heteroatoms. The molecule has 1 aromatic rings. The Labute approximate surface area is 76.2 Å². The van der Waals surface area contributed by atoms with Gasteiger partial charge < -0.3 is 0 Å². The number of hydrogen-bond acceptors (Lipinski definition) is 3. The minimum absolute atomic E-state index is 1.07. The molecule has 0 aliphatic heterocycles. The lowest BCUT2D eigenvalue weighted by Gasteiger charge is -1.94. The molecular formula is C8H13NS2. The molecular weight excluding hydrogens is 174 g/mol. The maximum Gasteiger partial charge on any atom is 0.0900 e. The van der Waals surface area contributed by atoms with Crippen molar-refractivity contribution >= 4 is 23.1 Å². The fraction of sp³-hybridized carbons (Fsp3) is 0.625. The molecule has 0 saturated heterocycles. The summed E-state index contributed by atoms with van der Waals surface area (Å²) in [7, 11) is 0. The predicted molar refractivity (Wildman–Crippen MR) is 53.4 cm³/mol. The van der Waals surface area contributed by atoms with E-state index in [1.807, 2.05) is 23.1 Å². The summed E-state index contributed by atoms with van der Waals surface area (Å²) in [5.74, 6) is 1.12. The molecule has 0 spiro atoms. The van der Waals surface area contributed by atoms with Gasteiger partial charge in [0, 0.05) is 10.6 Å². The number of aromatic nitrogens is 1. The van der Waals surface area contributed by atoms with Crippen LogP contribution in [0.5, 0.6) is 0 Å². The minimum atomic E-state index is 1.07. The fourth-order valence-corrected chi connectivity index (χ4v) is 2.87. The molecule has 62 valence electrons. The molecule has 11 heavy (non-hydrogen) atoms. The highest BCUT2D eigenvalue weighted by atomic mass is 32.2. The number of thioether (sulfide) groups is 1. The zero-order valence-electron chi connectivity index (χ0n) is 7.18. The summed E-state index contributed by atoms with van der Waals surface area (Å²) in [4.78, 5) is 5.91. The van der Waals surface area contributed by atoms with Crippen LogP contribution in [0.25, 0.3) is 0 Å². The molecule has 0 amide bonds. The predicted octanol–water partition coefficient (Wildman–Crippen LogP) is 2.88. The van der Waals surface area contributed by atoms with E-state index < -0.39 is 0 Å². The van der Waals surface area contributed by atoms with Gasteiger partial charge in [-0.15, -0.1) is 11.3 Å². The third-order valence-electron chi connectivity index (χ3n) is 1.50. The van der Waals surface area contributed by atoms with Crippen molar-refractivity contribution in [3.63, 3.8) is 0 Å². The van der Waals surface area contributed by atoms with Crippen LogP contribution >= 0.6 is 23.1 Å². The Bertz CT molecular complexity index is 230. The molecule has 0 aliphatic rings. The molecule has 0 atom stereocenters. The average Bonchev–Trinajstić information content (AvgIpc) is 2.32. The number of hydrogen-bond donors (Lipinski definition) is 0. The van der Waals surface area contributed by atoms with Crippen LogP contribution in [-0.4, -0.2) is 11.2 Å². The van der Waals surface area contributed by atoms with E-state index in [1.54, 1.807) is 0 Å². The minimum Gasteiger partial charge on any atom is -0.246 e. The number of thiazole rings is 1. The van der Waals surface area contributed by atoms with Crippen LogP contribution in [0.15, 0.2) is 0 Å². The highest BCUT2D eigenvalue weighted by Gasteiger charge is 2.05. The van der Waals surface area contributed by atoms with Crippen molar-refractivity contribution in [1.82, 2.24) is 4.98 Å². The third-order valence-corrected chi connectivity index (χ3v) is 3.27. The molecule has 0 bridgehead atoms. The van der Waals surface area contributed by atoms with Gasteiger partial charge in [0.1, 0.15) is 0 Å². The first-order valence-electron chi connectivity index (χ1n) is 3.72. The van der Waals surface area contributed by atoms with Gasteiger partial charge in [0.25, 0.3) is 0 Å². The van der Waals surface area contributed by atoms with Crippen LogP contribution in [0.3, 0.4) is 0 Å². The smallest absolute Gasteiger partial charge is 0.0900 e. The van der Waals surface area contributed by atoms with Gasteiger partial charge in [0.15, 0.2) is 0 Å². The highest BCUT2D eigenvalue weighted by molar-refractivity contribution is 7.97. The summed E-state index contributed by atoms with van der Waals surface area (Å²) in [6.07, 6.45) is 3.20. The van der Waals surface area contributed by atoms with E-state index in [9.17, 15) is 0 Å². The first-order chi connectivity index (χ1) is 5.27. The van der Waals surface area contributed by atoms with Gasteiger partial charge in [0.2, 0.25) is 0 Å².